The molecule has 1 saturated heterocycles. The fourth-order valence-corrected chi connectivity index (χ4v) is 1.24. The summed E-state index contributed by atoms with van der Waals surface area (Å²) in [6, 6.07) is 0. The minimum absolute atomic E-state index is 0.746. The Kier molecular flexibility index (Phi) is 3.55. The van der Waals surface area contributed by atoms with E-state index in [4.69, 9.17) is 17.0 Å². The number of rotatable bonds is 1. The number of hydrogen-bond donors (Lipinski definition) is 2. The number of nitrogens with zero attached hydrogens (tertiary/aromatic N) is 1. The van der Waals surface area contributed by atoms with Crippen LogP contribution in [0.5, 0.6) is 0 Å². The molecule has 0 saturated carbocycles. The van der Waals surface area contributed by atoms with Gasteiger partial charge in [0.2, 0.25) is 0 Å². The van der Waals surface area contributed by atoms with Crippen molar-refractivity contribution in [3.63, 3.8) is 0 Å². The summed E-state index contributed by atoms with van der Waals surface area (Å²) >= 11 is 5.07. The summed E-state index contributed by atoms with van der Waals surface area (Å²) in [5.74, 6) is 0. The van der Waals surface area contributed by atoms with Crippen molar-refractivity contribution in [2.45, 2.75) is 0 Å². The first-order valence-corrected chi connectivity index (χ1v) is 4.05. The topological polar surface area (TPSA) is 36.5 Å². The zero-order valence-electron chi connectivity index (χ0n) is 6.59. The third-order valence-electron chi connectivity index (χ3n) is 1.53. The van der Waals surface area contributed by atoms with Crippen LogP contribution in [-0.4, -0.2) is 43.4 Å². The summed E-state index contributed by atoms with van der Waals surface area (Å²) in [6.07, 6.45) is 0. The molecule has 0 spiro atoms. The third kappa shape index (κ3) is 2.61. The lowest BCUT2D eigenvalue weighted by molar-refractivity contribution is 0.0674. The van der Waals surface area contributed by atoms with Crippen molar-refractivity contribution in [3.8, 4) is 0 Å². The normalized spacial score (nSPS) is 18.1. The van der Waals surface area contributed by atoms with Gasteiger partial charge in [-0.3, -0.25) is 5.43 Å². The summed E-state index contributed by atoms with van der Waals surface area (Å²) < 4.78 is 5.18. The lowest BCUT2D eigenvalue weighted by Gasteiger charge is -2.28. The van der Waals surface area contributed by atoms with Gasteiger partial charge in [-0.05, 0) is 12.2 Å². The lowest BCUT2D eigenvalue weighted by Crippen LogP contribution is -2.49. The molecule has 0 aliphatic carbocycles. The molecule has 0 bridgehead atoms. The minimum atomic E-state index is 0.746. The maximum atomic E-state index is 5.18. The minimum Gasteiger partial charge on any atom is -0.378 e. The highest BCUT2D eigenvalue weighted by Crippen LogP contribution is 1.95. The Balaban J connectivity index is 2.27. The van der Waals surface area contributed by atoms with Gasteiger partial charge in [0.05, 0.1) is 13.2 Å². The number of nitrogens with one attached hydrogen (secondary N) is 2. The zero-order valence-corrected chi connectivity index (χ0v) is 7.41. The number of hydrogen-bond acceptors (Lipinski definition) is 3. The average Bonchev–Trinajstić information content (AvgIpc) is 2.07. The first-order valence-electron chi connectivity index (χ1n) is 3.64. The molecule has 1 aliphatic rings. The molecule has 1 fully saturated rings. The molecule has 1 rings (SSSR count). The van der Waals surface area contributed by atoms with E-state index in [1.165, 1.54) is 0 Å². The summed E-state index contributed by atoms with van der Waals surface area (Å²) in [5.41, 5.74) is 5.66. The van der Waals surface area contributed by atoms with Crippen molar-refractivity contribution in [1.29, 1.82) is 0 Å². The Morgan fingerprint density at radius 3 is 2.64 bits per heavy atom. The Hall–Kier alpha value is -0.390. The molecule has 4 nitrogen and oxygen atoms in total. The molecule has 1 aliphatic heterocycles. The molecule has 0 amide bonds. The van der Waals surface area contributed by atoms with E-state index in [1.807, 2.05) is 0 Å². The van der Waals surface area contributed by atoms with Crippen LogP contribution in [0.15, 0.2) is 0 Å². The number of hydrazine groups is 1. The number of morpholine rings is 1. The fourth-order valence-electron chi connectivity index (χ4n) is 0.952. The molecule has 0 aromatic heterocycles. The Bertz CT molecular complexity index is 136. The maximum absolute atomic E-state index is 5.18. The molecule has 2 N–H and O–H groups in total. The summed E-state index contributed by atoms with van der Waals surface area (Å²) in [5, 5.41) is 0.746. The molecular formula is C6H13N3OS. The van der Waals surface area contributed by atoms with E-state index in [2.05, 4.69) is 15.8 Å². The number of thiocarbonyl (C=S) groups is 1. The molecule has 0 aromatic rings. The van der Waals surface area contributed by atoms with Crippen molar-refractivity contribution in [2.75, 3.05) is 33.4 Å². The van der Waals surface area contributed by atoms with Crippen LogP contribution in [0.1, 0.15) is 0 Å². The lowest BCUT2D eigenvalue weighted by atomic mass is 10.5. The molecule has 1 heterocycles. The second-order valence-electron chi connectivity index (χ2n) is 2.28. The van der Waals surface area contributed by atoms with Gasteiger partial charge in [-0.1, -0.05) is 0 Å². The fraction of sp³-hybridized carbons (Fsp3) is 0.833. The van der Waals surface area contributed by atoms with Gasteiger partial charge >= 0.3 is 0 Å². The highest BCUT2D eigenvalue weighted by molar-refractivity contribution is 7.80. The van der Waals surface area contributed by atoms with Gasteiger partial charge in [0.25, 0.3) is 0 Å². The van der Waals surface area contributed by atoms with E-state index in [0.29, 0.717) is 0 Å². The van der Waals surface area contributed by atoms with Crippen molar-refractivity contribution in [1.82, 2.24) is 15.8 Å². The summed E-state index contributed by atoms with van der Waals surface area (Å²) in [7, 11) is 1.80. The van der Waals surface area contributed by atoms with E-state index in [1.54, 1.807) is 7.05 Å². The number of ether oxygens (including phenoxy) is 1. The Labute approximate surface area is 71.9 Å². The predicted molar refractivity (Wildman–Crippen MR) is 47.2 cm³/mol. The van der Waals surface area contributed by atoms with Gasteiger partial charge in [-0.25, -0.2) is 5.43 Å². The largest absolute Gasteiger partial charge is 0.378 e. The molecule has 11 heavy (non-hydrogen) atoms. The molecule has 0 atom stereocenters. The molecule has 5 heteroatoms. The van der Waals surface area contributed by atoms with Gasteiger partial charge in [0.1, 0.15) is 0 Å². The van der Waals surface area contributed by atoms with E-state index in [-0.39, 0.29) is 0 Å². The smallest absolute Gasteiger partial charge is 0.183 e. The highest BCUT2D eigenvalue weighted by Gasteiger charge is 2.11. The van der Waals surface area contributed by atoms with Crippen molar-refractivity contribution in [2.24, 2.45) is 0 Å². The molecule has 0 radical (unpaired) electrons. The average molecular weight is 175 g/mol. The monoisotopic (exact) mass is 175 g/mol. The van der Waals surface area contributed by atoms with Gasteiger partial charge < -0.3 is 9.64 Å². The Morgan fingerprint density at radius 1 is 1.45 bits per heavy atom. The third-order valence-corrected chi connectivity index (χ3v) is 1.89. The second-order valence-corrected chi connectivity index (χ2v) is 2.67. The van der Waals surface area contributed by atoms with Crippen LogP contribution in [0.25, 0.3) is 0 Å². The van der Waals surface area contributed by atoms with Crippen LogP contribution < -0.4 is 10.9 Å². The first kappa shape index (κ1) is 8.70. The van der Waals surface area contributed by atoms with Crippen LogP contribution in [0.4, 0.5) is 0 Å². The van der Waals surface area contributed by atoms with Gasteiger partial charge in [-0.15, -0.1) is 0 Å². The van der Waals surface area contributed by atoms with Crippen molar-refractivity contribution >= 4 is 17.3 Å². The predicted octanol–water partition coefficient (Wildman–Crippen LogP) is -0.672. The first-order chi connectivity index (χ1) is 5.34. The molecular weight excluding hydrogens is 162 g/mol. The van der Waals surface area contributed by atoms with Gasteiger partial charge in [0, 0.05) is 20.1 Å². The van der Waals surface area contributed by atoms with E-state index in [9.17, 15) is 0 Å². The van der Waals surface area contributed by atoms with Crippen LogP contribution in [0, 0.1) is 0 Å². The van der Waals surface area contributed by atoms with Gasteiger partial charge in [-0.2, -0.15) is 0 Å². The SMILES string of the molecule is CNNC(=S)N1CCOCC1. The molecule has 0 aromatic carbocycles. The van der Waals surface area contributed by atoms with E-state index >= 15 is 0 Å². The van der Waals surface area contributed by atoms with Crippen LogP contribution in [0.3, 0.4) is 0 Å². The summed E-state index contributed by atoms with van der Waals surface area (Å²) in [6.45, 7) is 3.30. The second kappa shape index (κ2) is 4.48. The van der Waals surface area contributed by atoms with Crippen molar-refractivity contribution in [3.05, 3.63) is 0 Å². The van der Waals surface area contributed by atoms with Crippen molar-refractivity contribution < 1.29 is 4.74 Å². The molecule has 64 valence electrons. The maximum Gasteiger partial charge on any atom is 0.183 e. The van der Waals surface area contributed by atoms with Gasteiger partial charge in [0.15, 0.2) is 5.11 Å². The zero-order chi connectivity index (χ0) is 8.10. The van der Waals surface area contributed by atoms with Crippen LogP contribution in [0.2, 0.25) is 0 Å². The van der Waals surface area contributed by atoms with E-state index < -0.39 is 0 Å². The summed E-state index contributed by atoms with van der Waals surface area (Å²) in [4.78, 5) is 2.08. The van der Waals surface area contributed by atoms with Crippen LogP contribution >= 0.6 is 12.2 Å². The standard InChI is InChI=1S/C6H13N3OS/c1-7-8-6(11)9-2-4-10-5-3-9/h7H,2-5H2,1H3,(H,8,11). The van der Waals surface area contributed by atoms with E-state index in [0.717, 1.165) is 31.4 Å². The highest BCUT2D eigenvalue weighted by atomic mass is 32.1. The Morgan fingerprint density at radius 2 is 2.09 bits per heavy atom. The van der Waals surface area contributed by atoms with Crippen LogP contribution in [-0.2, 0) is 4.74 Å². The molecule has 0 unspecified atom stereocenters. The quantitative estimate of drug-likeness (QED) is 0.408.